The number of anilines is 1. The Morgan fingerprint density at radius 1 is 1.56 bits per heavy atom. The largest absolute Gasteiger partial charge is 0.396 e. The van der Waals surface area contributed by atoms with Gasteiger partial charge in [0.15, 0.2) is 0 Å². The van der Waals surface area contributed by atoms with E-state index < -0.39 is 0 Å². The molecule has 0 fully saturated rings. The van der Waals surface area contributed by atoms with Crippen LogP contribution < -0.4 is 5.32 Å². The molecule has 1 unspecified atom stereocenters. The molecule has 0 saturated heterocycles. The van der Waals surface area contributed by atoms with E-state index in [1.54, 1.807) is 18.2 Å². The van der Waals surface area contributed by atoms with Gasteiger partial charge < -0.3 is 10.4 Å². The SMILES string of the molecule is CC(CCO)CNc1ccc(Cl)cc1C#N. The number of rotatable bonds is 5. The first-order valence-electron chi connectivity index (χ1n) is 5.21. The van der Waals surface area contributed by atoms with Crippen LogP contribution in [0.3, 0.4) is 0 Å². The number of hydrogen-bond acceptors (Lipinski definition) is 3. The standard InChI is InChI=1S/C12H15ClN2O/c1-9(4-5-16)8-15-12-3-2-11(13)6-10(12)7-14/h2-3,6,9,15-16H,4-5,8H2,1H3. The molecule has 1 aromatic carbocycles. The van der Waals surface area contributed by atoms with Crippen molar-refractivity contribution >= 4 is 17.3 Å². The van der Waals surface area contributed by atoms with Crippen LogP contribution in [0.25, 0.3) is 0 Å². The quantitative estimate of drug-likeness (QED) is 0.829. The van der Waals surface area contributed by atoms with Crippen molar-refractivity contribution in [2.45, 2.75) is 13.3 Å². The molecule has 1 atom stereocenters. The fourth-order valence-electron chi connectivity index (χ4n) is 1.37. The normalized spacial score (nSPS) is 11.9. The number of aliphatic hydroxyl groups excluding tert-OH is 1. The fraction of sp³-hybridized carbons (Fsp3) is 0.417. The van der Waals surface area contributed by atoms with Crippen LogP contribution in [-0.4, -0.2) is 18.3 Å². The number of benzene rings is 1. The fourth-order valence-corrected chi connectivity index (χ4v) is 1.54. The molecule has 4 heteroatoms. The summed E-state index contributed by atoms with van der Waals surface area (Å²) in [6.45, 7) is 2.97. The van der Waals surface area contributed by atoms with Crippen molar-refractivity contribution in [1.29, 1.82) is 5.26 Å². The van der Waals surface area contributed by atoms with Crippen molar-refractivity contribution in [1.82, 2.24) is 0 Å². The Hall–Kier alpha value is -1.24. The second-order valence-electron chi connectivity index (χ2n) is 3.80. The van der Waals surface area contributed by atoms with Gasteiger partial charge >= 0.3 is 0 Å². The monoisotopic (exact) mass is 238 g/mol. The van der Waals surface area contributed by atoms with E-state index in [-0.39, 0.29) is 6.61 Å². The van der Waals surface area contributed by atoms with Crippen molar-refractivity contribution in [3.8, 4) is 6.07 Å². The number of nitrogens with zero attached hydrogens (tertiary/aromatic N) is 1. The first kappa shape index (κ1) is 12.8. The van der Waals surface area contributed by atoms with Gasteiger partial charge in [-0.25, -0.2) is 0 Å². The molecule has 1 rings (SSSR count). The molecule has 0 amide bonds. The maximum absolute atomic E-state index is 8.92. The highest BCUT2D eigenvalue weighted by molar-refractivity contribution is 6.30. The molecular formula is C12H15ClN2O. The summed E-state index contributed by atoms with van der Waals surface area (Å²) < 4.78 is 0. The smallest absolute Gasteiger partial charge is 0.101 e. The van der Waals surface area contributed by atoms with Gasteiger partial charge in [-0.05, 0) is 30.5 Å². The summed E-state index contributed by atoms with van der Waals surface area (Å²) >= 11 is 5.80. The van der Waals surface area contributed by atoms with Gasteiger partial charge in [-0.15, -0.1) is 0 Å². The van der Waals surface area contributed by atoms with Gasteiger partial charge in [0, 0.05) is 18.2 Å². The van der Waals surface area contributed by atoms with Gasteiger partial charge in [0.1, 0.15) is 6.07 Å². The molecule has 1 aromatic rings. The van der Waals surface area contributed by atoms with Gasteiger partial charge in [-0.3, -0.25) is 0 Å². The van der Waals surface area contributed by atoms with Crippen molar-refractivity contribution in [2.24, 2.45) is 5.92 Å². The van der Waals surface area contributed by atoms with Crippen molar-refractivity contribution < 1.29 is 5.11 Å². The Morgan fingerprint density at radius 3 is 2.94 bits per heavy atom. The van der Waals surface area contributed by atoms with Gasteiger partial charge in [0.25, 0.3) is 0 Å². The number of nitriles is 1. The van der Waals surface area contributed by atoms with Crippen LogP contribution in [0.1, 0.15) is 18.9 Å². The first-order valence-corrected chi connectivity index (χ1v) is 5.59. The van der Waals surface area contributed by atoms with E-state index in [0.717, 1.165) is 18.7 Å². The highest BCUT2D eigenvalue weighted by Crippen LogP contribution is 2.20. The molecule has 0 aliphatic heterocycles. The van der Waals surface area contributed by atoms with Crippen LogP contribution in [0.4, 0.5) is 5.69 Å². The van der Waals surface area contributed by atoms with Crippen LogP contribution in [0.2, 0.25) is 5.02 Å². The maximum Gasteiger partial charge on any atom is 0.101 e. The van der Waals surface area contributed by atoms with E-state index in [2.05, 4.69) is 11.4 Å². The Morgan fingerprint density at radius 2 is 2.31 bits per heavy atom. The van der Waals surface area contributed by atoms with Crippen LogP contribution in [0.5, 0.6) is 0 Å². The summed E-state index contributed by atoms with van der Waals surface area (Å²) in [5.41, 5.74) is 1.33. The molecule has 2 N–H and O–H groups in total. The van der Waals surface area contributed by atoms with Crippen molar-refractivity contribution in [2.75, 3.05) is 18.5 Å². The van der Waals surface area contributed by atoms with Crippen LogP contribution >= 0.6 is 11.6 Å². The third-order valence-electron chi connectivity index (χ3n) is 2.36. The minimum Gasteiger partial charge on any atom is -0.396 e. The lowest BCUT2D eigenvalue weighted by molar-refractivity contribution is 0.266. The third kappa shape index (κ3) is 3.73. The molecule has 0 aromatic heterocycles. The molecule has 0 aliphatic rings. The molecule has 0 bridgehead atoms. The molecule has 3 nitrogen and oxygen atoms in total. The minimum absolute atomic E-state index is 0.189. The maximum atomic E-state index is 8.92. The van der Waals surface area contributed by atoms with E-state index in [1.165, 1.54) is 0 Å². The van der Waals surface area contributed by atoms with Crippen molar-refractivity contribution in [3.05, 3.63) is 28.8 Å². The van der Waals surface area contributed by atoms with Gasteiger partial charge in [-0.2, -0.15) is 5.26 Å². The van der Waals surface area contributed by atoms with Crippen LogP contribution in [0.15, 0.2) is 18.2 Å². The Labute approximate surface area is 101 Å². The number of aliphatic hydroxyl groups is 1. The zero-order valence-electron chi connectivity index (χ0n) is 9.20. The molecule has 0 heterocycles. The highest BCUT2D eigenvalue weighted by atomic mass is 35.5. The number of nitrogens with one attached hydrogen (secondary N) is 1. The van der Waals surface area contributed by atoms with Gasteiger partial charge in [-0.1, -0.05) is 18.5 Å². The summed E-state index contributed by atoms with van der Waals surface area (Å²) in [5, 5.41) is 21.4. The molecule has 86 valence electrons. The number of halogens is 1. The molecule has 0 radical (unpaired) electrons. The predicted octanol–water partition coefficient (Wildman–Crippen LogP) is 2.64. The first-order chi connectivity index (χ1) is 7.67. The molecule has 16 heavy (non-hydrogen) atoms. The van der Waals surface area contributed by atoms with E-state index in [9.17, 15) is 0 Å². The lowest BCUT2D eigenvalue weighted by Crippen LogP contribution is -2.13. The minimum atomic E-state index is 0.189. The second kappa shape index (κ2) is 6.37. The zero-order valence-corrected chi connectivity index (χ0v) is 9.96. The molecule has 0 spiro atoms. The van der Waals surface area contributed by atoms with Crippen LogP contribution in [0, 0.1) is 17.2 Å². The lowest BCUT2D eigenvalue weighted by Gasteiger charge is -2.13. The Kier molecular flexibility index (Phi) is 5.10. The van der Waals surface area contributed by atoms with E-state index in [4.69, 9.17) is 22.0 Å². The average Bonchev–Trinajstić information content (AvgIpc) is 2.27. The van der Waals surface area contributed by atoms with E-state index in [1.807, 2.05) is 6.92 Å². The van der Waals surface area contributed by atoms with Gasteiger partial charge in [0.05, 0.1) is 11.3 Å². The molecule has 0 aliphatic carbocycles. The summed E-state index contributed by atoms with van der Waals surface area (Å²) in [7, 11) is 0. The zero-order chi connectivity index (χ0) is 12.0. The topological polar surface area (TPSA) is 56.0 Å². The highest BCUT2D eigenvalue weighted by Gasteiger charge is 2.05. The molecule has 0 saturated carbocycles. The summed E-state index contributed by atoms with van der Waals surface area (Å²) in [6, 6.07) is 7.28. The van der Waals surface area contributed by atoms with Crippen LogP contribution in [-0.2, 0) is 0 Å². The van der Waals surface area contributed by atoms with E-state index in [0.29, 0.717) is 16.5 Å². The number of hydrogen-bond donors (Lipinski definition) is 2. The second-order valence-corrected chi connectivity index (χ2v) is 4.24. The lowest BCUT2D eigenvalue weighted by atomic mass is 10.1. The Balaban J connectivity index is 2.64. The summed E-state index contributed by atoms with van der Waals surface area (Å²) in [4.78, 5) is 0. The summed E-state index contributed by atoms with van der Waals surface area (Å²) in [5.74, 6) is 0.368. The Bertz CT molecular complexity index is 387. The average molecular weight is 239 g/mol. The molecular weight excluding hydrogens is 224 g/mol. The van der Waals surface area contributed by atoms with Crippen molar-refractivity contribution in [3.63, 3.8) is 0 Å². The predicted molar refractivity (Wildman–Crippen MR) is 65.5 cm³/mol. The third-order valence-corrected chi connectivity index (χ3v) is 2.60. The summed E-state index contributed by atoms with van der Waals surface area (Å²) in [6.07, 6.45) is 0.752. The van der Waals surface area contributed by atoms with Gasteiger partial charge in [0.2, 0.25) is 0 Å². The van der Waals surface area contributed by atoms with E-state index >= 15 is 0 Å².